The molecule has 0 unspecified atom stereocenters. The topological polar surface area (TPSA) is 86.6 Å². The third-order valence-corrected chi connectivity index (χ3v) is 9.11. The maximum absolute atomic E-state index is 8.19. The van der Waals surface area contributed by atoms with E-state index in [9.17, 15) is 0 Å². The molecule has 4 heteroatoms. The predicted octanol–water partition coefficient (Wildman–Crippen LogP) is 11.3. The van der Waals surface area contributed by atoms with Gasteiger partial charge in [-0.1, -0.05) is 121 Å². The summed E-state index contributed by atoms with van der Waals surface area (Å²) >= 11 is 0. The van der Waals surface area contributed by atoms with Gasteiger partial charge in [0.15, 0.2) is 0 Å². The number of hydrogen-bond acceptors (Lipinski definition) is 4. The van der Waals surface area contributed by atoms with Crippen molar-refractivity contribution in [2.24, 2.45) is 0 Å². The van der Waals surface area contributed by atoms with Gasteiger partial charge in [-0.05, 0) is 103 Å². The lowest BCUT2D eigenvalue weighted by Crippen LogP contribution is -2.10. The molecule has 1 aliphatic rings. The van der Waals surface area contributed by atoms with Crippen LogP contribution in [0.5, 0.6) is 0 Å². The monoisotopic (exact) mass is 628 g/mol. The normalized spacial score (nSPS) is 12.7. The second-order valence-electron chi connectivity index (χ2n) is 12.2. The highest BCUT2D eigenvalue weighted by Gasteiger charge is 2.19. The smallest absolute Gasteiger partial charge is 0.0795 e. The molecule has 232 valence electrons. The van der Waals surface area contributed by atoms with Gasteiger partial charge in [0.2, 0.25) is 0 Å². The molecule has 7 aromatic carbocycles. The van der Waals surface area contributed by atoms with Gasteiger partial charge in [0, 0.05) is 22.8 Å². The summed E-state index contributed by atoms with van der Waals surface area (Å²) in [6, 6.07) is 50.3. The van der Waals surface area contributed by atoms with Crippen molar-refractivity contribution >= 4 is 65.9 Å². The summed E-state index contributed by atoms with van der Waals surface area (Å²) in [6.07, 6.45) is 7.39. The maximum Gasteiger partial charge on any atom is 0.0795 e. The Balaban J connectivity index is 0.000000172. The molecule has 0 radical (unpaired) electrons. The molecule has 1 aromatic heterocycles. The molecule has 0 fully saturated rings. The first-order valence-corrected chi connectivity index (χ1v) is 16.2. The van der Waals surface area contributed by atoms with Gasteiger partial charge in [-0.3, -0.25) is 15.8 Å². The molecule has 0 spiro atoms. The van der Waals surface area contributed by atoms with Gasteiger partial charge in [0.05, 0.1) is 16.9 Å². The fraction of sp³-hybridized carbons (Fsp3) is 0. The van der Waals surface area contributed by atoms with Crippen LogP contribution in [0.25, 0.3) is 71.0 Å². The Labute approximate surface area is 284 Å². The fourth-order valence-corrected chi connectivity index (χ4v) is 6.70. The zero-order valence-corrected chi connectivity index (χ0v) is 26.7. The van der Waals surface area contributed by atoms with Gasteiger partial charge in [0.25, 0.3) is 0 Å². The van der Waals surface area contributed by atoms with E-state index in [0.717, 1.165) is 49.6 Å². The molecule has 4 nitrogen and oxygen atoms in total. The van der Waals surface area contributed by atoms with Crippen LogP contribution in [-0.2, 0) is 0 Å². The van der Waals surface area contributed by atoms with Crippen molar-refractivity contribution in [2.75, 3.05) is 5.73 Å². The fourth-order valence-electron chi connectivity index (χ4n) is 6.70. The molecule has 1 aliphatic carbocycles. The predicted molar refractivity (Wildman–Crippen MR) is 209 cm³/mol. The number of hydrogen-bond donors (Lipinski definition) is 3. The minimum absolute atomic E-state index is 0.245. The van der Waals surface area contributed by atoms with Gasteiger partial charge < -0.3 is 5.73 Å². The van der Waals surface area contributed by atoms with Crippen LogP contribution in [0.3, 0.4) is 0 Å². The average Bonchev–Trinajstić information content (AvgIpc) is 3.15. The number of nitrogens with two attached hydrogens (primary N) is 1. The van der Waals surface area contributed by atoms with Gasteiger partial charge >= 0.3 is 0 Å². The first kappa shape index (κ1) is 29.7. The minimum atomic E-state index is 0.245. The van der Waals surface area contributed by atoms with Crippen LogP contribution in [0, 0.1) is 10.8 Å². The zero-order chi connectivity index (χ0) is 33.3. The molecule has 0 bridgehead atoms. The lowest BCUT2D eigenvalue weighted by molar-refractivity contribution is 1.41. The van der Waals surface area contributed by atoms with E-state index < -0.39 is 0 Å². The van der Waals surface area contributed by atoms with Crippen LogP contribution in [-0.4, -0.2) is 16.4 Å². The molecule has 0 saturated heterocycles. The van der Waals surface area contributed by atoms with Gasteiger partial charge in [-0.15, -0.1) is 0 Å². The maximum atomic E-state index is 8.19. The van der Waals surface area contributed by atoms with E-state index in [4.69, 9.17) is 16.6 Å². The van der Waals surface area contributed by atoms with Crippen LogP contribution in [0.15, 0.2) is 170 Å². The molecule has 9 rings (SSSR count). The van der Waals surface area contributed by atoms with Gasteiger partial charge in [0.1, 0.15) is 0 Å². The molecule has 8 aromatic rings. The second-order valence-corrected chi connectivity index (χ2v) is 12.2. The van der Waals surface area contributed by atoms with E-state index in [1.54, 1.807) is 6.08 Å². The van der Waals surface area contributed by atoms with Gasteiger partial charge in [-0.2, -0.15) is 0 Å². The Kier molecular flexibility index (Phi) is 7.59. The molecular formula is C45H32N4. The molecule has 49 heavy (non-hydrogen) atoms. The standard InChI is InChI=1S/C30H20N2.C15H12N2/c31-27-16-15-22(18-28(27)32)30-25-11-5-3-9-23(25)29(24-10-4-6-12-26(24)30)21-14-13-19-7-1-2-8-20(19)17-21;16-14-7-5-11(6-8-14)13-9-12-3-1-2-4-15(12)17-10-13/h1-18,31-32H;1-10H,16H2. The SMILES string of the molecule is N=C1C=CC(c2c3ccccc3c(-c3ccc4ccccc4c3)c3ccccc23)=CC1=N.Nc1ccc(-c2cnc3ccccc3c2)cc1. The molecule has 0 saturated carbocycles. The first-order chi connectivity index (χ1) is 24.0. The number of rotatable bonds is 3. The Bertz CT molecular complexity index is 2590. The lowest BCUT2D eigenvalue weighted by Gasteiger charge is -2.19. The molecule has 0 atom stereocenters. The highest BCUT2D eigenvalue weighted by Crippen LogP contribution is 2.43. The van der Waals surface area contributed by atoms with Crippen LogP contribution < -0.4 is 5.73 Å². The van der Waals surface area contributed by atoms with Crippen LogP contribution >= 0.6 is 0 Å². The highest BCUT2D eigenvalue weighted by molar-refractivity contribution is 6.50. The summed E-state index contributed by atoms with van der Waals surface area (Å²) in [6.45, 7) is 0. The third kappa shape index (κ3) is 5.66. The number of anilines is 1. The molecule has 4 N–H and O–H groups in total. The number of nitrogens with zero attached hydrogens (tertiary/aromatic N) is 1. The Morgan fingerprint density at radius 1 is 0.449 bits per heavy atom. The van der Waals surface area contributed by atoms with Crippen molar-refractivity contribution in [3.05, 3.63) is 176 Å². The first-order valence-electron chi connectivity index (χ1n) is 16.2. The van der Waals surface area contributed by atoms with Crippen molar-refractivity contribution in [1.29, 1.82) is 10.8 Å². The van der Waals surface area contributed by atoms with Crippen molar-refractivity contribution in [3.8, 4) is 22.3 Å². The van der Waals surface area contributed by atoms with Crippen molar-refractivity contribution < 1.29 is 0 Å². The van der Waals surface area contributed by atoms with Crippen molar-refractivity contribution in [2.45, 2.75) is 0 Å². The molecular weight excluding hydrogens is 597 g/mol. The van der Waals surface area contributed by atoms with E-state index >= 15 is 0 Å². The Hall–Kier alpha value is -6.65. The molecule has 1 heterocycles. The number of allylic oxidation sites excluding steroid dienone is 4. The van der Waals surface area contributed by atoms with E-state index in [1.165, 1.54) is 32.7 Å². The van der Waals surface area contributed by atoms with E-state index in [1.807, 2.05) is 60.8 Å². The summed E-state index contributed by atoms with van der Waals surface area (Å²) in [5.74, 6) is 0. The van der Waals surface area contributed by atoms with Crippen LogP contribution in [0.2, 0.25) is 0 Å². The largest absolute Gasteiger partial charge is 0.399 e. The van der Waals surface area contributed by atoms with Crippen LogP contribution in [0.4, 0.5) is 5.69 Å². The number of para-hydroxylation sites is 1. The number of fused-ring (bicyclic) bond motifs is 4. The average molecular weight is 629 g/mol. The van der Waals surface area contributed by atoms with Crippen LogP contribution in [0.1, 0.15) is 5.56 Å². The number of aromatic nitrogens is 1. The second kappa shape index (κ2) is 12.5. The molecule has 0 amide bonds. The van der Waals surface area contributed by atoms with E-state index in [0.29, 0.717) is 0 Å². The van der Waals surface area contributed by atoms with Crippen molar-refractivity contribution in [1.82, 2.24) is 4.98 Å². The quantitative estimate of drug-likeness (QED) is 0.103. The Morgan fingerprint density at radius 2 is 1.00 bits per heavy atom. The summed E-state index contributed by atoms with van der Waals surface area (Å²) < 4.78 is 0. The van der Waals surface area contributed by atoms with Gasteiger partial charge in [-0.25, -0.2) is 0 Å². The summed E-state index contributed by atoms with van der Waals surface area (Å²) in [4.78, 5) is 4.45. The van der Waals surface area contributed by atoms with Crippen molar-refractivity contribution in [3.63, 3.8) is 0 Å². The lowest BCUT2D eigenvalue weighted by atomic mass is 9.84. The van der Waals surface area contributed by atoms with E-state index in [2.05, 4.69) is 108 Å². The minimum Gasteiger partial charge on any atom is -0.399 e. The number of pyridine rings is 1. The number of nitrogen functional groups attached to an aromatic ring is 1. The molecule has 0 aliphatic heterocycles. The van der Waals surface area contributed by atoms with E-state index in [-0.39, 0.29) is 11.4 Å². The number of benzene rings is 7. The third-order valence-electron chi connectivity index (χ3n) is 9.11. The Morgan fingerprint density at radius 3 is 1.67 bits per heavy atom. The zero-order valence-electron chi connectivity index (χ0n) is 26.7. The summed E-state index contributed by atoms with van der Waals surface area (Å²) in [5, 5.41) is 24.4. The highest BCUT2D eigenvalue weighted by atomic mass is 14.6. The number of nitrogens with one attached hydrogen (secondary N) is 2. The summed E-state index contributed by atoms with van der Waals surface area (Å²) in [7, 11) is 0. The summed E-state index contributed by atoms with van der Waals surface area (Å²) in [5.41, 5.74) is 14.7.